The van der Waals surface area contributed by atoms with Gasteiger partial charge in [0.25, 0.3) is 5.91 Å². The van der Waals surface area contributed by atoms with Gasteiger partial charge in [-0.25, -0.2) is 4.98 Å². The highest BCUT2D eigenvalue weighted by Gasteiger charge is 2.22. The molecule has 0 aliphatic carbocycles. The van der Waals surface area contributed by atoms with E-state index in [1.807, 2.05) is 24.1 Å². The summed E-state index contributed by atoms with van der Waals surface area (Å²) in [7, 11) is 1.83. The number of likely N-dealkylation sites (tertiary alicyclic amines) is 1. The summed E-state index contributed by atoms with van der Waals surface area (Å²) in [5.74, 6) is 1.65. The molecule has 0 atom stereocenters. The van der Waals surface area contributed by atoms with E-state index in [1.165, 1.54) is 0 Å². The van der Waals surface area contributed by atoms with E-state index in [0.29, 0.717) is 0 Å². The van der Waals surface area contributed by atoms with E-state index in [4.69, 9.17) is 0 Å². The van der Waals surface area contributed by atoms with Crippen LogP contribution in [0.5, 0.6) is 0 Å². The first-order valence-electron chi connectivity index (χ1n) is 7.12. The quantitative estimate of drug-likeness (QED) is 0.909. The first-order valence-corrected chi connectivity index (χ1v) is 7.12. The first-order chi connectivity index (χ1) is 9.13. The van der Waals surface area contributed by atoms with Gasteiger partial charge in [0.2, 0.25) is 0 Å². The number of hydrogen-bond donors (Lipinski definition) is 1. The van der Waals surface area contributed by atoms with E-state index in [0.717, 1.165) is 55.3 Å². The Balaban J connectivity index is 2.18. The van der Waals surface area contributed by atoms with Crippen molar-refractivity contribution in [3.05, 3.63) is 23.4 Å². The molecule has 1 aliphatic heterocycles. The van der Waals surface area contributed by atoms with E-state index in [2.05, 4.69) is 24.1 Å². The lowest BCUT2D eigenvalue weighted by molar-refractivity contribution is 0.0697. The molecule has 2 heterocycles. The van der Waals surface area contributed by atoms with Crippen LogP contribution in [-0.4, -0.2) is 35.9 Å². The molecular formula is C15H23N3O. The largest absolute Gasteiger partial charge is 0.373 e. The van der Waals surface area contributed by atoms with Crippen molar-refractivity contribution in [1.82, 2.24) is 9.88 Å². The molecule has 2 rings (SSSR count). The van der Waals surface area contributed by atoms with E-state index in [-0.39, 0.29) is 5.91 Å². The number of amides is 1. The van der Waals surface area contributed by atoms with Gasteiger partial charge in [-0.15, -0.1) is 0 Å². The second-order valence-electron chi connectivity index (χ2n) is 5.31. The van der Waals surface area contributed by atoms with Crippen LogP contribution < -0.4 is 5.32 Å². The van der Waals surface area contributed by atoms with Crippen molar-refractivity contribution in [1.29, 1.82) is 0 Å². The number of nitrogens with one attached hydrogen (secondary N) is 1. The predicted octanol–water partition coefficient (Wildman–Crippen LogP) is 2.56. The van der Waals surface area contributed by atoms with Gasteiger partial charge in [-0.1, -0.05) is 13.8 Å². The van der Waals surface area contributed by atoms with Crippen LogP contribution in [0.1, 0.15) is 42.7 Å². The molecule has 1 fully saturated rings. The summed E-state index contributed by atoms with van der Waals surface area (Å²) in [4.78, 5) is 18.9. The van der Waals surface area contributed by atoms with Crippen molar-refractivity contribution < 1.29 is 4.79 Å². The number of hydrogen-bond acceptors (Lipinski definition) is 3. The molecule has 104 valence electrons. The molecule has 1 N–H and O–H groups in total. The zero-order valence-corrected chi connectivity index (χ0v) is 12.1. The molecule has 0 saturated carbocycles. The second kappa shape index (κ2) is 6.04. The molecule has 0 spiro atoms. The molecule has 1 amide bonds. The molecule has 0 bridgehead atoms. The van der Waals surface area contributed by atoms with Gasteiger partial charge in [0.15, 0.2) is 0 Å². The van der Waals surface area contributed by atoms with Gasteiger partial charge >= 0.3 is 0 Å². The van der Waals surface area contributed by atoms with Crippen LogP contribution in [0.25, 0.3) is 0 Å². The summed E-state index contributed by atoms with van der Waals surface area (Å²) in [6.45, 7) is 6.05. The van der Waals surface area contributed by atoms with Gasteiger partial charge in [0.1, 0.15) is 5.82 Å². The lowest BCUT2D eigenvalue weighted by Crippen LogP contribution is -2.38. The Labute approximate surface area is 115 Å². The van der Waals surface area contributed by atoms with E-state index in [1.54, 1.807) is 0 Å². The topological polar surface area (TPSA) is 45.2 Å². The smallest absolute Gasteiger partial charge is 0.254 e. The summed E-state index contributed by atoms with van der Waals surface area (Å²) in [5, 5.41) is 3.03. The zero-order chi connectivity index (χ0) is 13.8. The normalized spacial score (nSPS) is 16.5. The molecule has 1 aromatic heterocycles. The maximum absolute atomic E-state index is 12.5. The standard InChI is InChI=1S/C15H23N3O/c1-4-13-9-12(10-14(16-3)17-13)15(19)18-7-5-11(2)6-8-18/h9-11H,4-8H2,1-3H3,(H,16,17). The predicted molar refractivity (Wildman–Crippen MR) is 77.5 cm³/mol. The van der Waals surface area contributed by atoms with Crippen molar-refractivity contribution in [2.24, 2.45) is 5.92 Å². The van der Waals surface area contributed by atoms with Crippen LogP contribution in [-0.2, 0) is 6.42 Å². The highest BCUT2D eigenvalue weighted by molar-refractivity contribution is 5.95. The van der Waals surface area contributed by atoms with Crippen molar-refractivity contribution in [2.45, 2.75) is 33.1 Å². The SMILES string of the molecule is CCc1cc(C(=O)N2CCC(C)CC2)cc(NC)n1. The average Bonchev–Trinajstić information content (AvgIpc) is 2.46. The fourth-order valence-electron chi connectivity index (χ4n) is 2.41. The van der Waals surface area contributed by atoms with Crippen molar-refractivity contribution in [2.75, 3.05) is 25.5 Å². The number of nitrogens with zero attached hydrogens (tertiary/aromatic N) is 2. The van der Waals surface area contributed by atoms with Gasteiger partial charge in [-0.05, 0) is 37.3 Å². The van der Waals surface area contributed by atoms with Crippen LogP contribution >= 0.6 is 0 Å². The summed E-state index contributed by atoms with van der Waals surface area (Å²) >= 11 is 0. The fourth-order valence-corrected chi connectivity index (χ4v) is 2.41. The maximum atomic E-state index is 12.5. The van der Waals surface area contributed by atoms with Crippen LogP contribution in [0.4, 0.5) is 5.82 Å². The van der Waals surface area contributed by atoms with Crippen molar-refractivity contribution in [3.8, 4) is 0 Å². The van der Waals surface area contributed by atoms with Gasteiger partial charge in [-0.2, -0.15) is 0 Å². The molecule has 0 aromatic carbocycles. The van der Waals surface area contributed by atoms with E-state index in [9.17, 15) is 4.79 Å². The van der Waals surface area contributed by atoms with Gasteiger partial charge in [-0.3, -0.25) is 4.79 Å². The minimum Gasteiger partial charge on any atom is -0.373 e. The lowest BCUT2D eigenvalue weighted by Gasteiger charge is -2.30. The number of carbonyl (C=O) groups excluding carboxylic acids is 1. The molecule has 19 heavy (non-hydrogen) atoms. The summed E-state index contributed by atoms with van der Waals surface area (Å²) in [6.07, 6.45) is 3.06. The Kier molecular flexibility index (Phi) is 4.40. The third-order valence-corrected chi connectivity index (χ3v) is 3.81. The number of aromatic nitrogens is 1. The highest BCUT2D eigenvalue weighted by atomic mass is 16.2. The number of carbonyl (C=O) groups is 1. The first kappa shape index (κ1) is 13.8. The Hall–Kier alpha value is -1.58. The van der Waals surface area contributed by atoms with E-state index < -0.39 is 0 Å². The van der Waals surface area contributed by atoms with Gasteiger partial charge in [0.05, 0.1) is 0 Å². The molecule has 0 radical (unpaired) electrons. The Morgan fingerprint density at radius 1 is 1.42 bits per heavy atom. The highest BCUT2D eigenvalue weighted by Crippen LogP contribution is 2.19. The maximum Gasteiger partial charge on any atom is 0.254 e. The minimum absolute atomic E-state index is 0.139. The molecular weight excluding hydrogens is 238 g/mol. The number of pyridine rings is 1. The molecule has 4 nitrogen and oxygen atoms in total. The number of anilines is 1. The van der Waals surface area contributed by atoms with Gasteiger partial charge in [0, 0.05) is 31.4 Å². The third kappa shape index (κ3) is 3.25. The summed E-state index contributed by atoms with van der Waals surface area (Å²) in [6, 6.07) is 3.76. The molecule has 1 aromatic rings. The van der Waals surface area contributed by atoms with Crippen LogP contribution in [0, 0.1) is 5.92 Å². The second-order valence-corrected chi connectivity index (χ2v) is 5.31. The Morgan fingerprint density at radius 2 is 2.11 bits per heavy atom. The third-order valence-electron chi connectivity index (χ3n) is 3.81. The summed E-state index contributed by atoms with van der Waals surface area (Å²) in [5.41, 5.74) is 1.71. The Morgan fingerprint density at radius 3 is 2.68 bits per heavy atom. The van der Waals surface area contributed by atoms with Gasteiger partial charge < -0.3 is 10.2 Å². The molecule has 4 heteroatoms. The van der Waals surface area contributed by atoms with Crippen molar-refractivity contribution in [3.63, 3.8) is 0 Å². The molecule has 1 aliphatic rings. The zero-order valence-electron chi connectivity index (χ0n) is 12.1. The fraction of sp³-hybridized carbons (Fsp3) is 0.600. The Bertz CT molecular complexity index is 428. The minimum atomic E-state index is 0.139. The lowest BCUT2D eigenvalue weighted by atomic mass is 9.98. The number of aryl methyl sites for hydroxylation is 1. The summed E-state index contributed by atoms with van der Waals surface area (Å²) < 4.78 is 0. The van der Waals surface area contributed by atoms with Crippen LogP contribution in [0.2, 0.25) is 0 Å². The van der Waals surface area contributed by atoms with Crippen LogP contribution in [0.15, 0.2) is 12.1 Å². The number of piperidine rings is 1. The average molecular weight is 261 g/mol. The number of rotatable bonds is 3. The molecule has 0 unspecified atom stereocenters. The van der Waals surface area contributed by atoms with E-state index >= 15 is 0 Å². The van der Waals surface area contributed by atoms with Crippen LogP contribution in [0.3, 0.4) is 0 Å². The van der Waals surface area contributed by atoms with Crippen molar-refractivity contribution >= 4 is 11.7 Å². The molecule has 1 saturated heterocycles. The monoisotopic (exact) mass is 261 g/mol.